The van der Waals surface area contributed by atoms with Gasteiger partial charge in [0.15, 0.2) is 0 Å². The summed E-state index contributed by atoms with van der Waals surface area (Å²) in [7, 11) is 1.86. The van der Waals surface area contributed by atoms with Gasteiger partial charge >= 0.3 is 0 Å². The Morgan fingerprint density at radius 1 is 1.30 bits per heavy atom. The van der Waals surface area contributed by atoms with Crippen LogP contribution in [-0.4, -0.2) is 46.8 Å². The molecule has 0 radical (unpaired) electrons. The van der Waals surface area contributed by atoms with Crippen molar-refractivity contribution >= 4 is 17.5 Å². The van der Waals surface area contributed by atoms with E-state index in [1.807, 2.05) is 18.0 Å². The van der Waals surface area contributed by atoms with Gasteiger partial charge in [0, 0.05) is 32.0 Å². The molecule has 0 bridgehead atoms. The van der Waals surface area contributed by atoms with Gasteiger partial charge < -0.3 is 9.80 Å². The molecule has 2 aliphatic rings. The molecule has 0 unspecified atom stereocenters. The number of likely N-dealkylation sites (tertiary alicyclic amines) is 1. The molecule has 1 N–H and O–H groups in total. The fraction of sp³-hybridized carbons (Fsp3) is 0.524. The van der Waals surface area contributed by atoms with Crippen LogP contribution < -0.4 is 4.90 Å². The van der Waals surface area contributed by atoms with Crippen molar-refractivity contribution in [1.29, 1.82) is 0 Å². The van der Waals surface area contributed by atoms with Crippen molar-refractivity contribution in [2.24, 2.45) is 13.0 Å². The maximum absolute atomic E-state index is 13.3. The Morgan fingerprint density at radius 2 is 2.04 bits per heavy atom. The fourth-order valence-corrected chi connectivity index (χ4v) is 4.49. The molecular formula is C21H28ClN4O+. The third kappa shape index (κ3) is 4.36. The Labute approximate surface area is 165 Å². The second-order valence-electron chi connectivity index (χ2n) is 7.92. The lowest BCUT2D eigenvalue weighted by Gasteiger charge is -2.24. The Kier molecular flexibility index (Phi) is 5.50. The first-order valence-corrected chi connectivity index (χ1v) is 10.3. The maximum Gasteiger partial charge on any atom is 0.226 e. The highest BCUT2D eigenvalue weighted by Crippen LogP contribution is 2.48. The minimum absolute atomic E-state index is 0.100. The van der Waals surface area contributed by atoms with Gasteiger partial charge in [-0.3, -0.25) is 9.48 Å². The lowest BCUT2D eigenvalue weighted by molar-refractivity contribution is -0.886. The van der Waals surface area contributed by atoms with Crippen molar-refractivity contribution < 1.29 is 9.69 Å². The Bertz CT molecular complexity index is 785. The molecule has 1 saturated heterocycles. The zero-order valence-corrected chi connectivity index (χ0v) is 16.7. The first-order valence-electron chi connectivity index (χ1n) is 9.97. The summed E-state index contributed by atoms with van der Waals surface area (Å²) in [5, 5.41) is 5.09. The van der Waals surface area contributed by atoms with Gasteiger partial charge in [0.25, 0.3) is 0 Å². The van der Waals surface area contributed by atoms with Crippen LogP contribution in [0.1, 0.15) is 36.4 Å². The van der Waals surface area contributed by atoms with Crippen LogP contribution in [0, 0.1) is 5.92 Å². The van der Waals surface area contributed by atoms with Gasteiger partial charge in [0.05, 0.1) is 37.7 Å². The topological polar surface area (TPSA) is 42.6 Å². The summed E-state index contributed by atoms with van der Waals surface area (Å²) >= 11 is 6.31. The van der Waals surface area contributed by atoms with E-state index < -0.39 is 0 Å². The lowest BCUT2D eigenvalue weighted by atomic mass is 10.1. The molecule has 5 nitrogen and oxygen atoms in total. The standard InChI is InChI=1S/C21H27ClN4O/c1-24-14-19(22)20(23-24)15-26(12-11-25-9-5-6-10-25)21(27)18-13-17(18)16-7-3-2-4-8-16/h2-4,7-8,14,17-18H,5-6,9-13,15H2,1H3/p+1/t17-,18+/m0/s1. The third-order valence-electron chi connectivity index (χ3n) is 5.89. The molecule has 1 aliphatic carbocycles. The molecule has 2 atom stereocenters. The number of rotatable bonds is 7. The summed E-state index contributed by atoms with van der Waals surface area (Å²) in [4.78, 5) is 16.9. The molecule has 2 heterocycles. The van der Waals surface area contributed by atoms with Gasteiger partial charge in [0.2, 0.25) is 5.91 Å². The van der Waals surface area contributed by atoms with Gasteiger partial charge in [0.1, 0.15) is 5.69 Å². The van der Waals surface area contributed by atoms with Crippen LogP contribution >= 0.6 is 11.6 Å². The molecule has 0 spiro atoms. The predicted molar refractivity (Wildman–Crippen MR) is 106 cm³/mol. The van der Waals surface area contributed by atoms with E-state index in [1.54, 1.807) is 15.8 Å². The molecule has 1 amide bonds. The number of carbonyl (C=O) groups is 1. The number of hydrogen-bond donors (Lipinski definition) is 1. The molecule has 1 aromatic carbocycles. The number of amides is 1. The summed E-state index contributed by atoms with van der Waals surface area (Å²) in [6.45, 7) is 4.74. The number of hydrogen-bond acceptors (Lipinski definition) is 2. The quantitative estimate of drug-likeness (QED) is 0.788. The molecule has 1 saturated carbocycles. The second kappa shape index (κ2) is 8.03. The number of aromatic nitrogens is 2. The van der Waals surface area contributed by atoms with Gasteiger partial charge in [-0.05, 0) is 17.9 Å². The number of benzene rings is 1. The summed E-state index contributed by atoms with van der Waals surface area (Å²) in [6, 6.07) is 10.4. The first kappa shape index (κ1) is 18.5. The van der Waals surface area contributed by atoms with Gasteiger partial charge in [-0.15, -0.1) is 0 Å². The first-order chi connectivity index (χ1) is 13.1. The monoisotopic (exact) mass is 387 g/mol. The summed E-state index contributed by atoms with van der Waals surface area (Å²) in [5.41, 5.74) is 2.07. The lowest BCUT2D eigenvalue weighted by Crippen LogP contribution is -3.10. The summed E-state index contributed by atoms with van der Waals surface area (Å²) < 4.78 is 1.72. The Balaban J connectivity index is 1.45. The van der Waals surface area contributed by atoms with Crippen molar-refractivity contribution in [3.05, 3.63) is 52.8 Å². The van der Waals surface area contributed by atoms with Crippen LogP contribution in [0.15, 0.2) is 36.5 Å². The van der Waals surface area contributed by atoms with Crippen molar-refractivity contribution in [3.8, 4) is 0 Å². The molecule has 2 fully saturated rings. The SMILES string of the molecule is Cn1cc(Cl)c(CN(CC[NH+]2CCCC2)C(=O)[C@@H]2C[C@H]2c2ccccc2)n1. The fourth-order valence-electron chi connectivity index (χ4n) is 4.25. The van der Waals surface area contributed by atoms with E-state index in [9.17, 15) is 4.79 Å². The molecule has 27 heavy (non-hydrogen) atoms. The molecular weight excluding hydrogens is 360 g/mol. The zero-order valence-electron chi connectivity index (χ0n) is 15.9. The van der Waals surface area contributed by atoms with Crippen LogP contribution in [0.25, 0.3) is 0 Å². The number of nitrogens with zero attached hydrogens (tertiary/aromatic N) is 3. The molecule has 144 valence electrons. The smallest absolute Gasteiger partial charge is 0.226 e. The minimum atomic E-state index is 0.100. The summed E-state index contributed by atoms with van der Waals surface area (Å²) in [6.07, 6.45) is 5.35. The maximum atomic E-state index is 13.3. The van der Waals surface area contributed by atoms with Gasteiger partial charge in [-0.1, -0.05) is 41.9 Å². The molecule has 4 rings (SSSR count). The van der Waals surface area contributed by atoms with Crippen LogP contribution in [0.5, 0.6) is 0 Å². The summed E-state index contributed by atoms with van der Waals surface area (Å²) in [5.74, 6) is 0.715. The van der Waals surface area contributed by atoms with Crippen LogP contribution in [0.4, 0.5) is 0 Å². The predicted octanol–water partition coefficient (Wildman–Crippen LogP) is 1.88. The largest absolute Gasteiger partial charge is 0.333 e. The van der Waals surface area contributed by atoms with E-state index in [4.69, 9.17) is 11.6 Å². The second-order valence-corrected chi connectivity index (χ2v) is 8.33. The van der Waals surface area contributed by atoms with Crippen LogP contribution in [0.3, 0.4) is 0 Å². The van der Waals surface area contributed by atoms with E-state index in [-0.39, 0.29) is 11.8 Å². The average molecular weight is 388 g/mol. The van der Waals surface area contributed by atoms with Gasteiger partial charge in [-0.25, -0.2) is 0 Å². The van der Waals surface area contributed by atoms with E-state index >= 15 is 0 Å². The van der Waals surface area contributed by atoms with Crippen molar-refractivity contribution in [2.45, 2.75) is 31.7 Å². The Hall–Kier alpha value is -1.85. The Morgan fingerprint density at radius 3 is 2.70 bits per heavy atom. The van der Waals surface area contributed by atoms with Crippen LogP contribution in [-0.2, 0) is 18.4 Å². The number of quaternary nitrogens is 1. The zero-order chi connectivity index (χ0) is 18.8. The minimum Gasteiger partial charge on any atom is -0.333 e. The number of nitrogens with one attached hydrogen (secondary N) is 1. The van der Waals surface area contributed by atoms with Gasteiger partial charge in [-0.2, -0.15) is 5.10 Å². The van der Waals surface area contributed by atoms with E-state index in [2.05, 4.69) is 29.4 Å². The van der Waals surface area contributed by atoms with Crippen molar-refractivity contribution in [1.82, 2.24) is 14.7 Å². The van der Waals surface area contributed by atoms with Crippen molar-refractivity contribution in [3.63, 3.8) is 0 Å². The highest BCUT2D eigenvalue weighted by Gasteiger charge is 2.45. The number of aryl methyl sites for hydroxylation is 1. The molecule has 1 aliphatic heterocycles. The highest BCUT2D eigenvalue weighted by molar-refractivity contribution is 6.31. The van der Waals surface area contributed by atoms with E-state index in [0.29, 0.717) is 17.5 Å². The molecule has 1 aromatic heterocycles. The van der Waals surface area contributed by atoms with E-state index in [0.717, 1.165) is 25.2 Å². The van der Waals surface area contributed by atoms with Crippen LogP contribution in [0.2, 0.25) is 5.02 Å². The highest BCUT2D eigenvalue weighted by atomic mass is 35.5. The average Bonchev–Trinajstić information content (AvgIpc) is 3.17. The number of halogens is 1. The normalized spacial score (nSPS) is 22.1. The molecule has 2 aromatic rings. The van der Waals surface area contributed by atoms with E-state index in [1.165, 1.54) is 31.5 Å². The number of carbonyl (C=O) groups excluding carboxylic acids is 1. The molecule has 6 heteroatoms. The van der Waals surface area contributed by atoms with Crippen molar-refractivity contribution in [2.75, 3.05) is 26.2 Å². The third-order valence-corrected chi connectivity index (χ3v) is 6.20.